The molecule has 2 fully saturated rings. The second kappa shape index (κ2) is 6.68. The number of hydrogen-bond acceptors (Lipinski definition) is 4. The number of rotatable bonds is 6. The number of carbonyl (C=O) groups is 2. The first-order chi connectivity index (χ1) is 9.22. The van der Waals surface area contributed by atoms with Crippen LogP contribution in [0.15, 0.2) is 12.7 Å². The SMILES string of the molecule is C=CCNCC(=O)N1CCOCC1C(=O)NC1CC1. The van der Waals surface area contributed by atoms with Crippen LogP contribution in [0.25, 0.3) is 0 Å². The molecule has 6 heteroatoms. The third kappa shape index (κ3) is 4.04. The normalized spacial score (nSPS) is 22.9. The Hall–Kier alpha value is -1.40. The summed E-state index contributed by atoms with van der Waals surface area (Å²) in [6.45, 7) is 5.62. The van der Waals surface area contributed by atoms with Gasteiger partial charge < -0.3 is 20.3 Å². The molecule has 2 N–H and O–H groups in total. The molecule has 1 aliphatic carbocycles. The zero-order valence-corrected chi connectivity index (χ0v) is 11.1. The van der Waals surface area contributed by atoms with E-state index in [1.165, 1.54) is 0 Å². The van der Waals surface area contributed by atoms with E-state index >= 15 is 0 Å². The van der Waals surface area contributed by atoms with Crippen molar-refractivity contribution in [1.82, 2.24) is 15.5 Å². The minimum absolute atomic E-state index is 0.0684. The van der Waals surface area contributed by atoms with Crippen molar-refractivity contribution in [2.24, 2.45) is 0 Å². The summed E-state index contributed by atoms with van der Waals surface area (Å²) < 4.78 is 5.32. The standard InChI is InChI=1S/C13H21N3O3/c1-2-5-14-8-12(17)16-6-7-19-9-11(16)13(18)15-10-3-4-10/h2,10-11,14H,1,3-9H2,(H,15,18). The van der Waals surface area contributed by atoms with Crippen molar-refractivity contribution in [3.63, 3.8) is 0 Å². The second-order valence-corrected chi connectivity index (χ2v) is 4.88. The number of hydrogen-bond donors (Lipinski definition) is 2. The van der Waals surface area contributed by atoms with E-state index in [1.807, 2.05) is 0 Å². The molecule has 0 spiro atoms. The molecule has 1 saturated carbocycles. The van der Waals surface area contributed by atoms with Crippen molar-refractivity contribution in [3.05, 3.63) is 12.7 Å². The van der Waals surface area contributed by atoms with Crippen molar-refractivity contribution in [1.29, 1.82) is 0 Å². The topological polar surface area (TPSA) is 70.7 Å². The van der Waals surface area contributed by atoms with Crippen LogP contribution < -0.4 is 10.6 Å². The Labute approximate surface area is 113 Å². The third-order valence-electron chi connectivity index (χ3n) is 3.24. The highest BCUT2D eigenvalue weighted by Crippen LogP contribution is 2.19. The van der Waals surface area contributed by atoms with Gasteiger partial charge in [-0.3, -0.25) is 9.59 Å². The van der Waals surface area contributed by atoms with Gasteiger partial charge in [-0.2, -0.15) is 0 Å². The average Bonchev–Trinajstić information content (AvgIpc) is 3.23. The number of ether oxygens (including phenoxy) is 1. The molecule has 1 atom stereocenters. The fourth-order valence-corrected chi connectivity index (χ4v) is 2.03. The molecule has 1 unspecified atom stereocenters. The zero-order valence-electron chi connectivity index (χ0n) is 11.1. The fourth-order valence-electron chi connectivity index (χ4n) is 2.03. The number of nitrogens with zero attached hydrogens (tertiary/aromatic N) is 1. The predicted molar refractivity (Wildman–Crippen MR) is 70.6 cm³/mol. The Morgan fingerprint density at radius 3 is 2.89 bits per heavy atom. The van der Waals surface area contributed by atoms with Crippen LogP contribution in [0.5, 0.6) is 0 Å². The van der Waals surface area contributed by atoms with Crippen LogP contribution in [0, 0.1) is 0 Å². The summed E-state index contributed by atoms with van der Waals surface area (Å²) in [6.07, 6.45) is 3.77. The van der Waals surface area contributed by atoms with E-state index in [0.29, 0.717) is 25.7 Å². The first-order valence-electron chi connectivity index (χ1n) is 6.71. The van der Waals surface area contributed by atoms with E-state index in [4.69, 9.17) is 4.74 Å². The number of amides is 2. The molecule has 0 radical (unpaired) electrons. The average molecular weight is 267 g/mol. The van der Waals surface area contributed by atoms with Gasteiger partial charge in [-0.05, 0) is 12.8 Å². The summed E-state index contributed by atoms with van der Waals surface area (Å²) in [5.41, 5.74) is 0. The molecule has 0 aromatic carbocycles. The minimum Gasteiger partial charge on any atom is -0.377 e. The van der Waals surface area contributed by atoms with Crippen LogP contribution in [-0.4, -0.2) is 61.6 Å². The van der Waals surface area contributed by atoms with Crippen LogP contribution in [0.1, 0.15) is 12.8 Å². The Balaban J connectivity index is 1.88. The van der Waals surface area contributed by atoms with Crippen molar-refractivity contribution in [2.45, 2.75) is 24.9 Å². The molecule has 1 aliphatic heterocycles. The molecule has 2 amide bonds. The van der Waals surface area contributed by atoms with Crippen molar-refractivity contribution in [3.8, 4) is 0 Å². The van der Waals surface area contributed by atoms with Gasteiger partial charge in [0.05, 0.1) is 19.8 Å². The summed E-state index contributed by atoms with van der Waals surface area (Å²) in [5.74, 6) is -0.166. The van der Waals surface area contributed by atoms with Gasteiger partial charge in [-0.25, -0.2) is 0 Å². The van der Waals surface area contributed by atoms with Gasteiger partial charge >= 0.3 is 0 Å². The highest BCUT2D eigenvalue weighted by Gasteiger charge is 2.35. The van der Waals surface area contributed by atoms with Gasteiger partial charge in [0.1, 0.15) is 6.04 Å². The third-order valence-corrected chi connectivity index (χ3v) is 3.24. The van der Waals surface area contributed by atoms with Gasteiger partial charge in [0.25, 0.3) is 0 Å². The predicted octanol–water partition coefficient (Wildman–Crippen LogP) is -0.732. The van der Waals surface area contributed by atoms with E-state index in [0.717, 1.165) is 12.8 Å². The van der Waals surface area contributed by atoms with Crippen molar-refractivity contribution in [2.75, 3.05) is 32.8 Å². The molecule has 0 bridgehead atoms. The van der Waals surface area contributed by atoms with E-state index in [-0.39, 0.29) is 25.0 Å². The van der Waals surface area contributed by atoms with Crippen molar-refractivity contribution < 1.29 is 14.3 Å². The second-order valence-electron chi connectivity index (χ2n) is 4.88. The molecule has 6 nitrogen and oxygen atoms in total. The van der Waals surface area contributed by atoms with Crippen LogP contribution in [-0.2, 0) is 14.3 Å². The zero-order chi connectivity index (χ0) is 13.7. The first-order valence-corrected chi connectivity index (χ1v) is 6.71. The van der Waals surface area contributed by atoms with Gasteiger partial charge in [0, 0.05) is 19.1 Å². The molecule has 19 heavy (non-hydrogen) atoms. The maximum atomic E-state index is 12.1. The molecular formula is C13H21N3O3. The molecule has 0 aromatic rings. The van der Waals surface area contributed by atoms with Crippen LogP contribution in [0.4, 0.5) is 0 Å². The molecule has 0 aromatic heterocycles. The molecular weight excluding hydrogens is 246 g/mol. The highest BCUT2D eigenvalue weighted by atomic mass is 16.5. The molecule has 1 heterocycles. The van der Waals surface area contributed by atoms with E-state index in [9.17, 15) is 9.59 Å². The monoisotopic (exact) mass is 267 g/mol. The summed E-state index contributed by atoms with van der Waals surface area (Å²) in [4.78, 5) is 25.8. The summed E-state index contributed by atoms with van der Waals surface area (Å²) in [5, 5.41) is 5.89. The first kappa shape index (κ1) is 14.0. The van der Waals surface area contributed by atoms with E-state index < -0.39 is 6.04 Å². The molecule has 106 valence electrons. The molecule has 1 saturated heterocycles. The summed E-state index contributed by atoms with van der Waals surface area (Å²) in [7, 11) is 0. The lowest BCUT2D eigenvalue weighted by atomic mass is 10.2. The summed E-state index contributed by atoms with van der Waals surface area (Å²) >= 11 is 0. The Morgan fingerprint density at radius 2 is 2.21 bits per heavy atom. The Bertz CT molecular complexity index is 355. The largest absolute Gasteiger partial charge is 0.377 e. The lowest BCUT2D eigenvalue weighted by molar-refractivity contribution is -0.147. The van der Waals surface area contributed by atoms with Crippen molar-refractivity contribution >= 4 is 11.8 Å². The number of nitrogens with one attached hydrogen (secondary N) is 2. The van der Waals surface area contributed by atoms with Crippen LogP contribution in [0.3, 0.4) is 0 Å². The summed E-state index contributed by atoms with van der Waals surface area (Å²) in [6, 6.07) is -0.197. The lowest BCUT2D eigenvalue weighted by Gasteiger charge is -2.34. The van der Waals surface area contributed by atoms with Gasteiger partial charge in [-0.1, -0.05) is 6.08 Å². The lowest BCUT2D eigenvalue weighted by Crippen LogP contribution is -2.57. The highest BCUT2D eigenvalue weighted by molar-refractivity contribution is 5.89. The van der Waals surface area contributed by atoms with Gasteiger partial charge in [0.2, 0.25) is 11.8 Å². The smallest absolute Gasteiger partial charge is 0.245 e. The quantitative estimate of drug-likeness (QED) is 0.491. The minimum atomic E-state index is -0.493. The molecule has 2 aliphatic rings. The van der Waals surface area contributed by atoms with Crippen LogP contribution >= 0.6 is 0 Å². The number of morpholine rings is 1. The Morgan fingerprint density at radius 1 is 1.42 bits per heavy atom. The van der Waals surface area contributed by atoms with E-state index in [1.54, 1.807) is 11.0 Å². The van der Waals surface area contributed by atoms with Gasteiger partial charge in [-0.15, -0.1) is 6.58 Å². The van der Waals surface area contributed by atoms with Crippen LogP contribution in [0.2, 0.25) is 0 Å². The maximum Gasteiger partial charge on any atom is 0.245 e. The number of carbonyl (C=O) groups excluding carboxylic acids is 2. The fraction of sp³-hybridized carbons (Fsp3) is 0.692. The molecule has 2 rings (SSSR count). The maximum absolute atomic E-state index is 12.1. The van der Waals surface area contributed by atoms with Gasteiger partial charge in [0.15, 0.2) is 0 Å². The van der Waals surface area contributed by atoms with E-state index in [2.05, 4.69) is 17.2 Å². The Kier molecular flexibility index (Phi) is 4.93.